The maximum absolute atomic E-state index is 5.14. The molecular formula is C8H7NS2. The van der Waals surface area contributed by atoms with E-state index < -0.39 is 0 Å². The van der Waals surface area contributed by atoms with Crippen LogP contribution in [0.5, 0.6) is 0 Å². The molecule has 0 amide bonds. The van der Waals surface area contributed by atoms with E-state index >= 15 is 0 Å². The Hall–Kier alpha value is -0.670. The van der Waals surface area contributed by atoms with Crippen LogP contribution in [0, 0.1) is 3.95 Å². The summed E-state index contributed by atoms with van der Waals surface area (Å²) in [5.74, 6) is 0. The second-order valence-electron chi connectivity index (χ2n) is 2.39. The summed E-state index contributed by atoms with van der Waals surface area (Å²) in [5, 5.41) is 0. The van der Waals surface area contributed by atoms with Gasteiger partial charge in [-0.25, -0.2) is 0 Å². The molecule has 0 spiro atoms. The van der Waals surface area contributed by atoms with E-state index in [4.69, 9.17) is 12.2 Å². The molecule has 0 saturated carbocycles. The number of benzene rings is 1. The highest BCUT2D eigenvalue weighted by Crippen LogP contribution is 2.20. The molecule has 0 fully saturated rings. The first-order valence-electron chi connectivity index (χ1n) is 3.33. The number of hydrogen-bond donors (Lipinski definition) is 0. The Labute approximate surface area is 73.9 Å². The lowest BCUT2D eigenvalue weighted by Gasteiger charge is -1.91. The Bertz CT molecular complexity index is 439. The van der Waals surface area contributed by atoms with Gasteiger partial charge in [-0.2, -0.15) is 0 Å². The summed E-state index contributed by atoms with van der Waals surface area (Å²) in [5.41, 5.74) is 1.22. The monoisotopic (exact) mass is 181 g/mol. The van der Waals surface area contributed by atoms with E-state index in [9.17, 15) is 0 Å². The summed E-state index contributed by atoms with van der Waals surface area (Å²) in [4.78, 5) is 0. The Morgan fingerprint density at radius 2 is 2.09 bits per heavy atom. The number of aryl methyl sites for hydroxylation is 1. The fraction of sp³-hybridized carbons (Fsp3) is 0.125. The van der Waals surface area contributed by atoms with Gasteiger partial charge in [0.1, 0.15) is 0 Å². The first kappa shape index (κ1) is 7.00. The van der Waals surface area contributed by atoms with Crippen molar-refractivity contribution in [3.63, 3.8) is 0 Å². The van der Waals surface area contributed by atoms with Gasteiger partial charge >= 0.3 is 0 Å². The third-order valence-electron chi connectivity index (χ3n) is 1.70. The molecule has 3 heteroatoms. The van der Waals surface area contributed by atoms with Gasteiger partial charge in [-0.15, -0.1) is 11.3 Å². The maximum atomic E-state index is 5.14. The van der Waals surface area contributed by atoms with Gasteiger partial charge in [0.05, 0.1) is 10.2 Å². The average molecular weight is 181 g/mol. The van der Waals surface area contributed by atoms with Crippen molar-refractivity contribution in [3.05, 3.63) is 28.2 Å². The molecule has 0 unspecified atom stereocenters. The quantitative estimate of drug-likeness (QED) is 0.566. The largest absolute Gasteiger partial charge is 0.326 e. The molecule has 0 aliphatic rings. The fourth-order valence-electron chi connectivity index (χ4n) is 1.08. The van der Waals surface area contributed by atoms with Crippen LogP contribution in [0.1, 0.15) is 0 Å². The van der Waals surface area contributed by atoms with Gasteiger partial charge in [0.15, 0.2) is 3.95 Å². The summed E-state index contributed by atoms with van der Waals surface area (Å²) in [6.07, 6.45) is 0. The minimum absolute atomic E-state index is 0.936. The van der Waals surface area contributed by atoms with Crippen molar-refractivity contribution in [2.75, 3.05) is 0 Å². The number of thiazole rings is 1. The molecule has 0 atom stereocenters. The fourth-order valence-corrected chi connectivity index (χ4v) is 2.33. The first-order chi connectivity index (χ1) is 5.29. The SMILES string of the molecule is Cn1c(=S)sc2ccccc21. The zero-order valence-corrected chi connectivity index (χ0v) is 7.71. The Kier molecular flexibility index (Phi) is 1.55. The van der Waals surface area contributed by atoms with Crippen LogP contribution >= 0.6 is 23.6 Å². The van der Waals surface area contributed by atoms with Crippen LogP contribution in [-0.2, 0) is 7.05 Å². The molecule has 0 N–H and O–H groups in total. The molecule has 1 aromatic heterocycles. The highest BCUT2D eigenvalue weighted by molar-refractivity contribution is 7.73. The molecule has 1 heterocycles. The highest BCUT2D eigenvalue weighted by atomic mass is 32.1. The van der Waals surface area contributed by atoms with Crippen LogP contribution in [0.25, 0.3) is 10.2 Å². The number of rotatable bonds is 0. The topological polar surface area (TPSA) is 4.93 Å². The van der Waals surface area contributed by atoms with Gasteiger partial charge in [0.2, 0.25) is 0 Å². The molecule has 2 aromatic rings. The number of nitrogens with zero attached hydrogens (tertiary/aromatic N) is 1. The highest BCUT2D eigenvalue weighted by Gasteiger charge is 1.97. The smallest absolute Gasteiger partial charge is 0.161 e. The summed E-state index contributed by atoms with van der Waals surface area (Å²) < 4.78 is 4.24. The first-order valence-corrected chi connectivity index (χ1v) is 4.56. The Morgan fingerprint density at radius 1 is 1.36 bits per heavy atom. The summed E-state index contributed by atoms with van der Waals surface area (Å²) in [7, 11) is 2.00. The molecule has 11 heavy (non-hydrogen) atoms. The van der Waals surface area contributed by atoms with Crippen LogP contribution in [0.4, 0.5) is 0 Å². The van der Waals surface area contributed by atoms with E-state index in [0.29, 0.717) is 0 Å². The van der Waals surface area contributed by atoms with Gasteiger partial charge in [-0.1, -0.05) is 12.1 Å². The van der Waals surface area contributed by atoms with Crippen LogP contribution < -0.4 is 0 Å². The molecular weight excluding hydrogens is 174 g/mol. The van der Waals surface area contributed by atoms with E-state index in [2.05, 4.69) is 12.1 Å². The van der Waals surface area contributed by atoms with E-state index in [1.807, 2.05) is 23.7 Å². The summed E-state index contributed by atoms with van der Waals surface area (Å²) in [6, 6.07) is 8.24. The van der Waals surface area contributed by atoms with Crippen molar-refractivity contribution < 1.29 is 0 Å². The minimum atomic E-state index is 0.936. The van der Waals surface area contributed by atoms with Crippen LogP contribution in [0.15, 0.2) is 24.3 Å². The lowest BCUT2D eigenvalue weighted by Crippen LogP contribution is -1.84. The predicted molar refractivity (Wildman–Crippen MR) is 51.6 cm³/mol. The number of aromatic nitrogens is 1. The molecule has 56 valence electrons. The Morgan fingerprint density at radius 3 is 2.82 bits per heavy atom. The van der Waals surface area contributed by atoms with Gasteiger partial charge in [-0.3, -0.25) is 0 Å². The molecule has 1 nitrogen and oxygen atoms in total. The zero-order valence-electron chi connectivity index (χ0n) is 6.07. The lowest BCUT2D eigenvalue weighted by atomic mass is 10.3. The molecule has 0 saturated heterocycles. The molecule has 0 aliphatic carbocycles. The van der Waals surface area contributed by atoms with Crippen LogP contribution in [0.2, 0.25) is 0 Å². The van der Waals surface area contributed by atoms with Crippen molar-refractivity contribution >= 4 is 33.8 Å². The van der Waals surface area contributed by atoms with Gasteiger partial charge in [0.25, 0.3) is 0 Å². The van der Waals surface area contributed by atoms with Crippen molar-refractivity contribution in [1.82, 2.24) is 4.57 Å². The Balaban J connectivity index is 3.04. The van der Waals surface area contributed by atoms with Gasteiger partial charge in [-0.05, 0) is 24.4 Å². The predicted octanol–water partition coefficient (Wildman–Crippen LogP) is 2.97. The second kappa shape index (κ2) is 2.43. The lowest BCUT2D eigenvalue weighted by molar-refractivity contribution is 0.964. The summed E-state index contributed by atoms with van der Waals surface area (Å²) in [6.45, 7) is 0. The number of hydrogen-bond acceptors (Lipinski definition) is 2. The standard InChI is InChI=1S/C8H7NS2/c1-9-6-4-2-3-5-7(6)11-8(9)10/h2-5H,1H3. The minimum Gasteiger partial charge on any atom is -0.326 e. The molecule has 0 bridgehead atoms. The van der Waals surface area contributed by atoms with E-state index in [1.165, 1.54) is 10.2 Å². The van der Waals surface area contributed by atoms with E-state index in [0.717, 1.165) is 3.95 Å². The summed E-state index contributed by atoms with van der Waals surface area (Å²) >= 11 is 6.79. The molecule has 2 rings (SSSR count). The van der Waals surface area contributed by atoms with Crippen molar-refractivity contribution in [1.29, 1.82) is 0 Å². The number of fused-ring (bicyclic) bond motifs is 1. The van der Waals surface area contributed by atoms with Gasteiger partial charge in [0, 0.05) is 7.05 Å². The van der Waals surface area contributed by atoms with Crippen molar-refractivity contribution in [2.24, 2.45) is 7.05 Å². The van der Waals surface area contributed by atoms with Crippen LogP contribution in [0.3, 0.4) is 0 Å². The maximum Gasteiger partial charge on any atom is 0.161 e. The third kappa shape index (κ3) is 1.01. The molecule has 0 radical (unpaired) electrons. The van der Waals surface area contributed by atoms with Crippen molar-refractivity contribution in [3.8, 4) is 0 Å². The second-order valence-corrected chi connectivity index (χ2v) is 4.07. The normalized spacial score (nSPS) is 10.6. The third-order valence-corrected chi connectivity index (χ3v) is 3.24. The van der Waals surface area contributed by atoms with E-state index in [1.54, 1.807) is 11.3 Å². The van der Waals surface area contributed by atoms with Crippen molar-refractivity contribution in [2.45, 2.75) is 0 Å². The average Bonchev–Trinajstić information content (AvgIpc) is 2.30. The molecule has 0 aliphatic heterocycles. The zero-order chi connectivity index (χ0) is 7.84. The van der Waals surface area contributed by atoms with E-state index in [-0.39, 0.29) is 0 Å². The molecule has 1 aromatic carbocycles. The van der Waals surface area contributed by atoms with Crippen LogP contribution in [-0.4, -0.2) is 4.57 Å². The number of para-hydroxylation sites is 1. The van der Waals surface area contributed by atoms with Gasteiger partial charge < -0.3 is 4.57 Å².